The molecule has 2 N–H and O–H groups in total. The summed E-state index contributed by atoms with van der Waals surface area (Å²) in [7, 11) is 2.01. The lowest BCUT2D eigenvalue weighted by molar-refractivity contribution is -0.138. The van der Waals surface area contributed by atoms with Gasteiger partial charge in [0.25, 0.3) is 0 Å². The number of likely N-dealkylation sites (N-methyl/N-ethyl adjacent to an activating group) is 1. The number of aromatic amines is 1. The van der Waals surface area contributed by atoms with Crippen LogP contribution < -0.4 is 10.1 Å². The zero-order valence-electron chi connectivity index (χ0n) is 23.5. The summed E-state index contributed by atoms with van der Waals surface area (Å²) < 4.78 is 48.4. The largest absolute Gasteiger partial charge is 0.457 e. The number of rotatable bonds is 5. The van der Waals surface area contributed by atoms with Gasteiger partial charge in [0.2, 0.25) is 0 Å². The van der Waals surface area contributed by atoms with Crippen LogP contribution in [0.5, 0.6) is 11.5 Å². The van der Waals surface area contributed by atoms with Gasteiger partial charge in [-0.05, 0) is 73.5 Å². The van der Waals surface area contributed by atoms with Crippen molar-refractivity contribution in [1.29, 1.82) is 0 Å². The average molecular weight is 579 g/mol. The molecule has 0 radical (unpaired) electrons. The number of carbonyl (C=O) groups is 1. The second kappa shape index (κ2) is 11.3. The van der Waals surface area contributed by atoms with E-state index in [0.717, 1.165) is 41.3 Å². The first-order valence-corrected chi connectivity index (χ1v) is 14.1. The van der Waals surface area contributed by atoms with E-state index in [0.29, 0.717) is 37.6 Å². The molecular formula is C31H33F3N6O2. The summed E-state index contributed by atoms with van der Waals surface area (Å²) in [6.07, 6.45) is -0.432. The Balaban J connectivity index is 1.17. The number of nitrogens with zero attached hydrogens (tertiary/aromatic N) is 4. The molecule has 0 spiro atoms. The molecule has 0 saturated carbocycles. The predicted octanol–water partition coefficient (Wildman–Crippen LogP) is 6.27. The number of pyridine rings is 1. The molecule has 11 heteroatoms. The van der Waals surface area contributed by atoms with Crippen molar-refractivity contribution in [2.45, 2.75) is 32.1 Å². The first-order chi connectivity index (χ1) is 20.2. The zero-order chi connectivity index (χ0) is 29.4. The van der Waals surface area contributed by atoms with Crippen LogP contribution in [0.1, 0.15) is 35.2 Å². The van der Waals surface area contributed by atoms with Crippen LogP contribution in [0.25, 0.3) is 11.0 Å². The standard InChI is InChI=1S/C31H33F3N6O2/c1-20-26-18-24(42-28-8-11-36-29-25(28)7-10-35-29)6-4-21(26)9-12-40(20)30(41)37-23-5-3-22(27(17-23)31(32,33)34)19-39-15-13-38(2)14-16-39/h3-8,10-11,17-18,20H,9,12-16,19H2,1-2H3,(H,35,36)(H,37,41)/t20-/m0/s1. The molecule has 4 aromatic rings. The van der Waals surface area contributed by atoms with Crippen LogP contribution in [0, 0.1) is 0 Å². The number of piperazine rings is 1. The van der Waals surface area contributed by atoms with Crippen LogP contribution in [-0.2, 0) is 19.1 Å². The maximum absolute atomic E-state index is 14.1. The summed E-state index contributed by atoms with van der Waals surface area (Å²) in [4.78, 5) is 26.5. The van der Waals surface area contributed by atoms with Crippen molar-refractivity contribution in [3.05, 3.63) is 83.2 Å². The van der Waals surface area contributed by atoms with Crippen molar-refractivity contribution in [3.8, 4) is 11.5 Å². The Morgan fingerprint density at radius 1 is 1.07 bits per heavy atom. The van der Waals surface area contributed by atoms with Gasteiger partial charge in [0, 0.05) is 57.3 Å². The highest BCUT2D eigenvalue weighted by Crippen LogP contribution is 2.37. The summed E-state index contributed by atoms with van der Waals surface area (Å²) in [6, 6.07) is 12.9. The second-order valence-electron chi connectivity index (χ2n) is 11.0. The quantitative estimate of drug-likeness (QED) is 0.292. The van der Waals surface area contributed by atoms with Gasteiger partial charge in [0.1, 0.15) is 17.1 Å². The van der Waals surface area contributed by atoms with E-state index in [1.54, 1.807) is 29.4 Å². The molecular weight excluding hydrogens is 545 g/mol. The molecule has 8 nitrogen and oxygen atoms in total. The van der Waals surface area contributed by atoms with E-state index in [4.69, 9.17) is 4.74 Å². The third-order valence-corrected chi connectivity index (χ3v) is 8.22. The van der Waals surface area contributed by atoms with Crippen LogP contribution in [0.3, 0.4) is 0 Å². The molecule has 2 aromatic heterocycles. The molecule has 1 saturated heterocycles. The molecule has 1 fully saturated rings. The fraction of sp³-hybridized carbons (Fsp3) is 0.355. The summed E-state index contributed by atoms with van der Waals surface area (Å²) >= 11 is 0. The second-order valence-corrected chi connectivity index (χ2v) is 11.0. The number of halogens is 3. The lowest BCUT2D eigenvalue weighted by Gasteiger charge is -2.35. The van der Waals surface area contributed by atoms with Gasteiger partial charge < -0.3 is 24.8 Å². The van der Waals surface area contributed by atoms with E-state index in [1.165, 1.54) is 6.07 Å². The highest BCUT2D eigenvalue weighted by Gasteiger charge is 2.35. The van der Waals surface area contributed by atoms with E-state index < -0.39 is 17.8 Å². The maximum Gasteiger partial charge on any atom is 0.416 e. The van der Waals surface area contributed by atoms with Crippen LogP contribution in [0.15, 0.2) is 60.9 Å². The Kier molecular flexibility index (Phi) is 7.54. The first kappa shape index (κ1) is 28.0. The Bertz CT molecular complexity index is 1600. The van der Waals surface area contributed by atoms with Crippen molar-refractivity contribution >= 4 is 22.8 Å². The molecule has 1 atom stereocenters. The van der Waals surface area contributed by atoms with Crippen LogP contribution >= 0.6 is 0 Å². The smallest absolute Gasteiger partial charge is 0.416 e. The monoisotopic (exact) mass is 578 g/mol. The van der Waals surface area contributed by atoms with Gasteiger partial charge in [-0.15, -0.1) is 0 Å². The fourth-order valence-corrected chi connectivity index (χ4v) is 5.78. The van der Waals surface area contributed by atoms with Crippen LogP contribution in [0.2, 0.25) is 0 Å². The third-order valence-electron chi connectivity index (χ3n) is 8.22. The number of nitrogens with one attached hydrogen (secondary N) is 2. The van der Waals surface area contributed by atoms with E-state index in [9.17, 15) is 18.0 Å². The summed E-state index contributed by atoms with van der Waals surface area (Å²) in [5, 5.41) is 3.58. The number of ether oxygens (including phenoxy) is 1. The average Bonchev–Trinajstić information content (AvgIpc) is 3.45. The SMILES string of the molecule is C[C@H]1c2cc(Oc3ccnc4[nH]ccc34)ccc2CCN1C(=O)Nc1ccc(CN2CCN(C)CC2)c(C(F)(F)F)c1. The van der Waals surface area contributed by atoms with Crippen molar-refractivity contribution < 1.29 is 22.7 Å². The van der Waals surface area contributed by atoms with Gasteiger partial charge >= 0.3 is 12.2 Å². The molecule has 0 aliphatic carbocycles. The van der Waals surface area contributed by atoms with Gasteiger partial charge in [0.15, 0.2) is 0 Å². The number of fused-ring (bicyclic) bond motifs is 2. The fourth-order valence-electron chi connectivity index (χ4n) is 5.78. The number of hydrogen-bond acceptors (Lipinski definition) is 5. The molecule has 2 aliphatic heterocycles. The lowest BCUT2D eigenvalue weighted by Crippen LogP contribution is -2.44. The molecule has 220 valence electrons. The molecule has 6 rings (SSSR count). The predicted molar refractivity (Wildman–Crippen MR) is 155 cm³/mol. The number of H-pyrrole nitrogens is 1. The minimum absolute atomic E-state index is 0.123. The van der Waals surface area contributed by atoms with Crippen molar-refractivity contribution in [2.24, 2.45) is 0 Å². The van der Waals surface area contributed by atoms with Gasteiger partial charge in [-0.25, -0.2) is 9.78 Å². The van der Waals surface area contributed by atoms with E-state index in [-0.39, 0.29) is 23.8 Å². The Labute approximate surface area is 242 Å². The lowest BCUT2D eigenvalue weighted by atomic mass is 9.93. The van der Waals surface area contributed by atoms with Gasteiger partial charge in [0.05, 0.1) is 17.0 Å². The number of amides is 2. The van der Waals surface area contributed by atoms with Crippen molar-refractivity contribution in [1.82, 2.24) is 24.7 Å². The number of carbonyl (C=O) groups excluding carboxylic acids is 1. The summed E-state index contributed by atoms with van der Waals surface area (Å²) in [6.45, 7) is 5.65. The molecule has 0 unspecified atom stereocenters. The number of alkyl halides is 3. The zero-order valence-corrected chi connectivity index (χ0v) is 23.5. The minimum atomic E-state index is -4.53. The van der Waals surface area contributed by atoms with Crippen molar-refractivity contribution in [2.75, 3.05) is 45.1 Å². The highest BCUT2D eigenvalue weighted by molar-refractivity contribution is 5.90. The Morgan fingerprint density at radius 3 is 2.67 bits per heavy atom. The maximum atomic E-state index is 14.1. The molecule has 42 heavy (non-hydrogen) atoms. The molecule has 2 amide bonds. The highest BCUT2D eigenvalue weighted by atomic mass is 19.4. The van der Waals surface area contributed by atoms with E-state index in [2.05, 4.69) is 20.2 Å². The topological polar surface area (TPSA) is 76.7 Å². The Hall–Kier alpha value is -4.09. The summed E-state index contributed by atoms with van der Waals surface area (Å²) in [5.74, 6) is 1.29. The van der Waals surface area contributed by atoms with Crippen molar-refractivity contribution in [3.63, 3.8) is 0 Å². The summed E-state index contributed by atoms with van der Waals surface area (Å²) in [5.41, 5.74) is 2.38. The minimum Gasteiger partial charge on any atom is -0.457 e. The first-order valence-electron chi connectivity index (χ1n) is 14.1. The third kappa shape index (κ3) is 5.79. The van der Waals surface area contributed by atoms with E-state index in [1.807, 2.05) is 43.1 Å². The van der Waals surface area contributed by atoms with Gasteiger partial charge in [-0.1, -0.05) is 12.1 Å². The molecule has 0 bridgehead atoms. The molecule has 2 aliphatic rings. The Morgan fingerprint density at radius 2 is 1.88 bits per heavy atom. The van der Waals surface area contributed by atoms with Gasteiger partial charge in [-0.2, -0.15) is 13.2 Å². The molecule has 4 heterocycles. The van der Waals surface area contributed by atoms with Crippen LogP contribution in [0.4, 0.5) is 23.7 Å². The normalized spacial score (nSPS) is 18.2. The number of anilines is 1. The number of benzene rings is 2. The van der Waals surface area contributed by atoms with Crippen LogP contribution in [-0.4, -0.2) is 70.5 Å². The van der Waals surface area contributed by atoms with Gasteiger partial charge in [-0.3, -0.25) is 4.90 Å². The molecule has 2 aromatic carbocycles. The number of hydrogen-bond donors (Lipinski definition) is 2. The number of urea groups is 1. The van der Waals surface area contributed by atoms with E-state index >= 15 is 0 Å². The number of aromatic nitrogens is 2.